The Balaban J connectivity index is 2.35. The molecule has 1 amide bonds. The Kier molecular flexibility index (Phi) is 4.71. The van der Waals surface area contributed by atoms with Crippen molar-refractivity contribution in [1.82, 2.24) is 5.32 Å². The molecule has 3 N–H and O–H groups in total. The molecule has 0 radical (unpaired) electrons. The van der Waals surface area contributed by atoms with Gasteiger partial charge in [0, 0.05) is 12.6 Å². The van der Waals surface area contributed by atoms with E-state index in [9.17, 15) is 19.3 Å². The molecule has 0 aliphatic rings. The summed E-state index contributed by atoms with van der Waals surface area (Å²) >= 11 is 0. The molecule has 0 saturated heterocycles. The third-order valence-corrected chi connectivity index (χ3v) is 3.75. The van der Waals surface area contributed by atoms with Gasteiger partial charge in [-0.25, -0.2) is 4.39 Å². The third kappa shape index (κ3) is 3.35. The van der Waals surface area contributed by atoms with Gasteiger partial charge in [0.1, 0.15) is 11.4 Å². The molecule has 2 rings (SSSR count). The van der Waals surface area contributed by atoms with Crippen molar-refractivity contribution in [3.8, 4) is 0 Å². The lowest BCUT2D eigenvalue weighted by Gasteiger charge is -2.28. The summed E-state index contributed by atoms with van der Waals surface area (Å²) in [6, 6.07) is 12.3. The highest BCUT2D eigenvalue weighted by Gasteiger charge is 2.33. The Morgan fingerprint density at radius 2 is 1.91 bits per heavy atom. The molecule has 2 aromatic carbocycles. The summed E-state index contributed by atoms with van der Waals surface area (Å²) in [7, 11) is 0. The van der Waals surface area contributed by atoms with E-state index >= 15 is 0 Å². The van der Waals surface area contributed by atoms with Crippen molar-refractivity contribution < 1.29 is 14.1 Å². The van der Waals surface area contributed by atoms with Crippen LogP contribution < -0.4 is 11.1 Å². The Labute approximate surface area is 132 Å². The van der Waals surface area contributed by atoms with E-state index in [-0.39, 0.29) is 17.8 Å². The number of nitrogens with zero attached hydrogens (tertiary/aromatic N) is 1. The largest absolute Gasteiger partial charge is 0.368 e. The maximum atomic E-state index is 13.9. The fourth-order valence-electron chi connectivity index (χ4n) is 2.26. The second-order valence-corrected chi connectivity index (χ2v) is 5.20. The molecule has 0 heterocycles. The number of nitro benzene ring substituents is 1. The van der Waals surface area contributed by atoms with Crippen LogP contribution in [0.5, 0.6) is 0 Å². The summed E-state index contributed by atoms with van der Waals surface area (Å²) in [5.41, 5.74) is 4.31. The number of halogens is 1. The SMILES string of the molecule is C[C@@](NCc1c(F)cccc1[N+](=O)[O-])(C(N)=O)c1ccccc1. The summed E-state index contributed by atoms with van der Waals surface area (Å²) < 4.78 is 13.9. The molecule has 0 aromatic heterocycles. The number of primary amides is 1. The lowest BCUT2D eigenvalue weighted by atomic mass is 9.91. The van der Waals surface area contributed by atoms with Crippen LogP contribution in [0.1, 0.15) is 18.1 Å². The third-order valence-electron chi connectivity index (χ3n) is 3.75. The number of carbonyl (C=O) groups excluding carboxylic acids is 1. The van der Waals surface area contributed by atoms with E-state index < -0.39 is 22.2 Å². The average Bonchev–Trinajstić information content (AvgIpc) is 2.53. The Morgan fingerprint density at radius 1 is 1.26 bits per heavy atom. The first-order valence-corrected chi connectivity index (χ1v) is 6.88. The van der Waals surface area contributed by atoms with E-state index in [0.717, 1.165) is 6.07 Å². The number of nitrogens with one attached hydrogen (secondary N) is 1. The summed E-state index contributed by atoms with van der Waals surface area (Å²) in [4.78, 5) is 22.2. The quantitative estimate of drug-likeness (QED) is 0.630. The molecule has 6 nitrogen and oxygen atoms in total. The van der Waals surface area contributed by atoms with Crippen LogP contribution in [-0.2, 0) is 16.9 Å². The van der Waals surface area contributed by atoms with E-state index in [4.69, 9.17) is 5.73 Å². The van der Waals surface area contributed by atoms with Crippen LogP contribution in [0.2, 0.25) is 0 Å². The molecule has 0 unspecified atom stereocenters. The molecule has 0 aliphatic carbocycles. The lowest BCUT2D eigenvalue weighted by Crippen LogP contribution is -2.50. The van der Waals surface area contributed by atoms with Gasteiger partial charge in [-0.2, -0.15) is 0 Å². The van der Waals surface area contributed by atoms with Crippen molar-refractivity contribution in [2.45, 2.75) is 19.0 Å². The number of nitro groups is 1. The molecule has 2 aromatic rings. The molecule has 1 atom stereocenters. The van der Waals surface area contributed by atoms with Crippen LogP contribution >= 0.6 is 0 Å². The highest BCUT2D eigenvalue weighted by atomic mass is 19.1. The zero-order chi connectivity index (χ0) is 17.0. The van der Waals surface area contributed by atoms with Crippen molar-refractivity contribution in [3.05, 3.63) is 75.6 Å². The van der Waals surface area contributed by atoms with Crippen LogP contribution in [-0.4, -0.2) is 10.8 Å². The van der Waals surface area contributed by atoms with Crippen LogP contribution in [0.25, 0.3) is 0 Å². The minimum atomic E-state index is -1.28. The van der Waals surface area contributed by atoms with Crippen LogP contribution in [0.15, 0.2) is 48.5 Å². The normalized spacial score (nSPS) is 13.3. The predicted octanol–water partition coefficient (Wildman–Crippen LogP) is 2.22. The zero-order valence-corrected chi connectivity index (χ0v) is 12.5. The molecule has 0 fully saturated rings. The first kappa shape index (κ1) is 16.6. The first-order chi connectivity index (χ1) is 10.9. The summed E-state index contributed by atoms with van der Waals surface area (Å²) in [6.07, 6.45) is 0. The molecule has 120 valence electrons. The van der Waals surface area contributed by atoms with E-state index in [2.05, 4.69) is 5.32 Å². The number of hydrogen-bond donors (Lipinski definition) is 2. The maximum Gasteiger partial charge on any atom is 0.276 e. The summed E-state index contributed by atoms with van der Waals surface area (Å²) in [5, 5.41) is 13.9. The van der Waals surface area contributed by atoms with Crippen molar-refractivity contribution in [2.24, 2.45) is 5.73 Å². The lowest BCUT2D eigenvalue weighted by molar-refractivity contribution is -0.385. The predicted molar refractivity (Wildman–Crippen MR) is 82.9 cm³/mol. The van der Waals surface area contributed by atoms with Crippen molar-refractivity contribution in [3.63, 3.8) is 0 Å². The summed E-state index contributed by atoms with van der Waals surface area (Å²) in [5.74, 6) is -1.38. The Morgan fingerprint density at radius 3 is 2.48 bits per heavy atom. The number of benzene rings is 2. The summed E-state index contributed by atoms with van der Waals surface area (Å²) in [6.45, 7) is 1.34. The molecule has 7 heteroatoms. The topological polar surface area (TPSA) is 98.3 Å². The highest BCUT2D eigenvalue weighted by molar-refractivity contribution is 5.85. The fourth-order valence-corrected chi connectivity index (χ4v) is 2.26. The maximum absolute atomic E-state index is 13.9. The highest BCUT2D eigenvalue weighted by Crippen LogP contribution is 2.25. The van der Waals surface area contributed by atoms with E-state index in [1.807, 2.05) is 0 Å². The average molecular weight is 317 g/mol. The number of rotatable bonds is 6. The Hall–Kier alpha value is -2.80. The minimum Gasteiger partial charge on any atom is -0.368 e. The standard InChI is InChI=1S/C16H16FN3O3/c1-16(15(18)21,11-6-3-2-4-7-11)19-10-12-13(17)8-5-9-14(12)20(22)23/h2-9,19H,10H2,1H3,(H2,18,21)/t16-/m0/s1. The first-order valence-electron chi connectivity index (χ1n) is 6.88. The van der Waals surface area contributed by atoms with Gasteiger partial charge in [-0.05, 0) is 18.6 Å². The minimum absolute atomic E-state index is 0.124. The number of hydrogen-bond acceptors (Lipinski definition) is 4. The van der Waals surface area contributed by atoms with Crippen molar-refractivity contribution >= 4 is 11.6 Å². The number of nitrogens with two attached hydrogens (primary N) is 1. The second-order valence-electron chi connectivity index (χ2n) is 5.20. The van der Waals surface area contributed by atoms with E-state index in [1.165, 1.54) is 12.1 Å². The van der Waals surface area contributed by atoms with Crippen LogP contribution in [0.3, 0.4) is 0 Å². The molecule has 0 aliphatic heterocycles. The molecule has 0 bridgehead atoms. The van der Waals surface area contributed by atoms with Crippen LogP contribution in [0.4, 0.5) is 10.1 Å². The van der Waals surface area contributed by atoms with Gasteiger partial charge >= 0.3 is 0 Å². The van der Waals surface area contributed by atoms with Gasteiger partial charge in [0.15, 0.2) is 0 Å². The molecular weight excluding hydrogens is 301 g/mol. The molecule has 0 spiro atoms. The van der Waals surface area contributed by atoms with E-state index in [1.54, 1.807) is 37.3 Å². The van der Waals surface area contributed by atoms with Gasteiger partial charge in [-0.1, -0.05) is 36.4 Å². The smallest absolute Gasteiger partial charge is 0.276 e. The fraction of sp³-hybridized carbons (Fsp3) is 0.188. The van der Waals surface area contributed by atoms with Gasteiger partial charge < -0.3 is 5.73 Å². The molecular formula is C16H16FN3O3. The van der Waals surface area contributed by atoms with Gasteiger partial charge in [-0.15, -0.1) is 0 Å². The monoisotopic (exact) mass is 317 g/mol. The van der Waals surface area contributed by atoms with Crippen LogP contribution in [0, 0.1) is 15.9 Å². The molecule has 0 saturated carbocycles. The van der Waals surface area contributed by atoms with E-state index in [0.29, 0.717) is 5.56 Å². The van der Waals surface area contributed by atoms with Gasteiger partial charge in [0.2, 0.25) is 5.91 Å². The Bertz CT molecular complexity index is 737. The van der Waals surface area contributed by atoms with Crippen molar-refractivity contribution in [1.29, 1.82) is 0 Å². The zero-order valence-electron chi connectivity index (χ0n) is 12.5. The molecule has 23 heavy (non-hydrogen) atoms. The second kappa shape index (κ2) is 6.53. The van der Waals surface area contributed by atoms with Gasteiger partial charge in [0.05, 0.1) is 10.5 Å². The van der Waals surface area contributed by atoms with Crippen molar-refractivity contribution in [2.75, 3.05) is 0 Å². The van der Waals surface area contributed by atoms with Gasteiger partial charge in [-0.3, -0.25) is 20.2 Å². The number of amides is 1. The number of carbonyl (C=O) groups is 1. The van der Waals surface area contributed by atoms with Gasteiger partial charge in [0.25, 0.3) is 5.69 Å².